The second-order valence-electron chi connectivity index (χ2n) is 5.77. The largest absolute Gasteiger partial charge is 0.274 e. The summed E-state index contributed by atoms with van der Waals surface area (Å²) < 4.78 is 3.39. The van der Waals surface area contributed by atoms with Crippen LogP contribution in [0.2, 0.25) is 0 Å². The highest BCUT2D eigenvalue weighted by Crippen LogP contribution is 2.46. The summed E-state index contributed by atoms with van der Waals surface area (Å²) in [6, 6.07) is 7.79. The van der Waals surface area contributed by atoms with Crippen molar-refractivity contribution < 1.29 is 9.59 Å². The quantitative estimate of drug-likeness (QED) is 0.313. The van der Waals surface area contributed by atoms with Gasteiger partial charge in [0.15, 0.2) is 0 Å². The molecular weight excluding hydrogens is 626 g/mol. The van der Waals surface area contributed by atoms with Crippen LogP contribution in [0.15, 0.2) is 47.1 Å². The van der Waals surface area contributed by atoms with Gasteiger partial charge in [-0.3, -0.25) is 9.59 Å². The molecule has 0 saturated heterocycles. The van der Waals surface area contributed by atoms with Crippen molar-refractivity contribution in [1.29, 1.82) is 0 Å². The molecule has 3 nitrogen and oxygen atoms in total. The van der Waals surface area contributed by atoms with E-state index in [1.807, 2.05) is 24.3 Å². The molecule has 0 saturated carbocycles. The first kappa shape index (κ1) is 23.1. The summed E-state index contributed by atoms with van der Waals surface area (Å²) in [4.78, 5) is 26.8. The van der Waals surface area contributed by atoms with E-state index in [2.05, 4.69) is 70.6 Å². The Kier molecular flexibility index (Phi) is 8.61. The molecule has 0 radical (unpaired) electrons. The summed E-state index contributed by atoms with van der Waals surface area (Å²) in [6.45, 7) is 4.92. The van der Waals surface area contributed by atoms with Gasteiger partial charge in [-0.05, 0) is 73.9 Å². The van der Waals surface area contributed by atoms with Crippen LogP contribution in [-0.2, 0) is 9.59 Å². The van der Waals surface area contributed by atoms with Crippen molar-refractivity contribution >= 4 is 93.0 Å². The maximum absolute atomic E-state index is 12.2. The number of thioether (sulfide) groups is 1. The average molecular weight is 643 g/mol. The van der Waals surface area contributed by atoms with Crippen molar-refractivity contribution in [2.45, 2.75) is 32.1 Å². The van der Waals surface area contributed by atoms with Gasteiger partial charge < -0.3 is 0 Å². The molecule has 0 unspecified atom stereocenters. The fourth-order valence-corrected chi connectivity index (χ4v) is 6.55. The van der Waals surface area contributed by atoms with E-state index in [0.29, 0.717) is 10.2 Å². The number of benzene rings is 2. The number of carbonyl (C=O) groups excluding carboxylic acids is 2. The van der Waals surface area contributed by atoms with Gasteiger partial charge in [-0.1, -0.05) is 38.8 Å². The number of carbonyl (C=O) groups is 2. The van der Waals surface area contributed by atoms with Crippen LogP contribution < -0.4 is 4.90 Å². The zero-order valence-corrected chi connectivity index (χ0v) is 22.1. The van der Waals surface area contributed by atoms with Gasteiger partial charge in [-0.2, -0.15) is 0 Å². The Morgan fingerprint density at radius 3 is 1.93 bits per heavy atom. The van der Waals surface area contributed by atoms with E-state index in [4.69, 9.17) is 0 Å². The topological polar surface area (TPSA) is 37.4 Å². The van der Waals surface area contributed by atoms with E-state index < -0.39 is 0 Å². The van der Waals surface area contributed by atoms with Crippen molar-refractivity contribution in [2.24, 2.45) is 0 Å². The molecule has 0 bridgehead atoms. The Hall–Kier alpha value is -0.150. The molecule has 0 aliphatic heterocycles. The predicted octanol–water partition coefficient (Wildman–Crippen LogP) is 7.81. The number of amides is 2. The molecule has 8 heteroatoms. The minimum Gasteiger partial charge on any atom is -0.274 e. The molecule has 0 aliphatic rings. The molecule has 0 heterocycles. The first-order chi connectivity index (χ1) is 12.7. The highest BCUT2D eigenvalue weighted by molar-refractivity contribution is 9.11. The molecule has 0 aliphatic carbocycles. The van der Waals surface area contributed by atoms with Crippen LogP contribution in [0.4, 0.5) is 5.69 Å². The molecule has 0 spiro atoms. The van der Waals surface area contributed by atoms with Crippen LogP contribution in [-0.4, -0.2) is 17.6 Å². The lowest BCUT2D eigenvalue weighted by molar-refractivity contribution is -0.124. The zero-order chi connectivity index (χ0) is 20.3. The van der Waals surface area contributed by atoms with Gasteiger partial charge in [0, 0.05) is 42.2 Å². The molecule has 0 atom stereocenters. The van der Waals surface area contributed by atoms with Crippen LogP contribution in [0.3, 0.4) is 0 Å². The lowest BCUT2D eigenvalue weighted by Crippen LogP contribution is -2.33. The maximum atomic E-state index is 12.2. The van der Waals surface area contributed by atoms with Crippen molar-refractivity contribution in [1.82, 2.24) is 0 Å². The molecule has 0 aromatic heterocycles. The van der Waals surface area contributed by atoms with Crippen molar-refractivity contribution in [2.75, 3.05) is 10.7 Å². The lowest BCUT2D eigenvalue weighted by Gasteiger charge is -2.24. The number of rotatable bonds is 5. The third-order valence-electron chi connectivity index (χ3n) is 3.63. The SMILES string of the molecule is CCCSc1c(Br)cc(Br)cc1-c1cc(Br)cc(Br)c1N(C(C)=O)C(C)=O. The third kappa shape index (κ3) is 5.47. The number of nitrogens with zero attached hydrogens (tertiary/aromatic N) is 1. The Labute approximate surface area is 197 Å². The lowest BCUT2D eigenvalue weighted by atomic mass is 10.0. The maximum Gasteiger partial charge on any atom is 0.230 e. The Morgan fingerprint density at radius 2 is 1.41 bits per heavy atom. The molecule has 144 valence electrons. The number of halogens is 4. The van der Waals surface area contributed by atoms with Gasteiger partial charge in [0.25, 0.3) is 0 Å². The molecule has 2 amide bonds. The summed E-state index contributed by atoms with van der Waals surface area (Å²) in [5, 5.41) is 0. The number of imide groups is 1. The van der Waals surface area contributed by atoms with Crippen LogP contribution in [0, 0.1) is 0 Å². The van der Waals surface area contributed by atoms with Crippen molar-refractivity contribution in [3.8, 4) is 11.1 Å². The van der Waals surface area contributed by atoms with Gasteiger partial charge in [0.05, 0.1) is 5.69 Å². The van der Waals surface area contributed by atoms with Gasteiger partial charge in [0.2, 0.25) is 11.8 Å². The zero-order valence-electron chi connectivity index (χ0n) is 14.9. The normalized spacial score (nSPS) is 10.8. The number of anilines is 1. The molecule has 0 N–H and O–H groups in total. The fraction of sp³-hybridized carbons (Fsp3) is 0.263. The number of hydrogen-bond acceptors (Lipinski definition) is 3. The summed E-state index contributed by atoms with van der Waals surface area (Å²) in [7, 11) is 0. The predicted molar refractivity (Wildman–Crippen MR) is 128 cm³/mol. The van der Waals surface area contributed by atoms with Crippen LogP contribution in [0.25, 0.3) is 11.1 Å². The first-order valence-corrected chi connectivity index (χ1v) is 12.3. The van der Waals surface area contributed by atoms with Gasteiger partial charge in [-0.15, -0.1) is 11.8 Å². The van der Waals surface area contributed by atoms with Gasteiger partial charge in [0.1, 0.15) is 0 Å². The van der Waals surface area contributed by atoms with E-state index in [9.17, 15) is 9.59 Å². The first-order valence-electron chi connectivity index (χ1n) is 8.09. The molecule has 2 aromatic rings. The van der Waals surface area contributed by atoms with Crippen LogP contribution >= 0.6 is 75.5 Å². The molecule has 2 rings (SSSR count). The summed E-state index contributed by atoms with van der Waals surface area (Å²) in [6.07, 6.45) is 1.04. The Balaban J connectivity index is 2.87. The number of hydrogen-bond donors (Lipinski definition) is 0. The van der Waals surface area contributed by atoms with Crippen molar-refractivity contribution in [3.63, 3.8) is 0 Å². The van der Waals surface area contributed by atoms with E-state index in [1.54, 1.807) is 11.8 Å². The van der Waals surface area contributed by atoms with Gasteiger partial charge >= 0.3 is 0 Å². The average Bonchev–Trinajstić information content (AvgIpc) is 2.54. The van der Waals surface area contributed by atoms with Crippen LogP contribution in [0.1, 0.15) is 27.2 Å². The second kappa shape index (κ2) is 10.1. The molecular formula is C19H17Br4NO2S. The third-order valence-corrected chi connectivity index (χ3v) is 7.38. The van der Waals surface area contributed by atoms with E-state index in [-0.39, 0.29) is 11.8 Å². The van der Waals surface area contributed by atoms with E-state index in [1.165, 1.54) is 18.7 Å². The molecule has 2 aromatic carbocycles. The molecule has 0 fully saturated rings. The smallest absolute Gasteiger partial charge is 0.230 e. The minimum atomic E-state index is -0.330. The summed E-state index contributed by atoms with van der Waals surface area (Å²) >= 11 is 16.0. The minimum absolute atomic E-state index is 0.330. The second-order valence-corrected chi connectivity index (χ2v) is 10.4. The van der Waals surface area contributed by atoms with E-state index in [0.717, 1.165) is 41.6 Å². The highest BCUT2D eigenvalue weighted by atomic mass is 79.9. The van der Waals surface area contributed by atoms with E-state index >= 15 is 0 Å². The monoisotopic (exact) mass is 639 g/mol. The standard InChI is InChI=1S/C19H17Br4NO2S/c1-4-5-27-19-15(7-13(21)9-17(19)23)14-6-12(20)8-16(22)18(14)24(10(2)25)11(3)26/h6-9H,4-5H2,1-3H3. The highest BCUT2D eigenvalue weighted by Gasteiger charge is 2.25. The summed E-state index contributed by atoms with van der Waals surface area (Å²) in [5.41, 5.74) is 2.28. The Bertz CT molecular complexity index is 888. The van der Waals surface area contributed by atoms with Crippen LogP contribution in [0.5, 0.6) is 0 Å². The van der Waals surface area contributed by atoms with Gasteiger partial charge in [-0.25, -0.2) is 4.90 Å². The summed E-state index contributed by atoms with van der Waals surface area (Å²) in [5.74, 6) is 0.299. The Morgan fingerprint density at radius 1 is 0.889 bits per heavy atom. The fourth-order valence-electron chi connectivity index (χ4n) is 2.65. The van der Waals surface area contributed by atoms with Crippen molar-refractivity contribution in [3.05, 3.63) is 42.2 Å². The molecule has 27 heavy (non-hydrogen) atoms.